The molecule has 28 heavy (non-hydrogen) atoms. The van der Waals surface area contributed by atoms with E-state index in [-0.39, 0.29) is 28.0 Å². The lowest BCUT2D eigenvalue weighted by atomic mass is 9.90. The Morgan fingerprint density at radius 3 is 2.50 bits per heavy atom. The number of amides is 1. The number of hydrogen-bond acceptors (Lipinski definition) is 5. The summed E-state index contributed by atoms with van der Waals surface area (Å²) < 4.78 is 31.6. The molecule has 1 aromatic heterocycles. The van der Waals surface area contributed by atoms with Crippen LogP contribution in [0.1, 0.15) is 29.7 Å². The quantitative estimate of drug-likeness (QED) is 0.671. The van der Waals surface area contributed by atoms with Gasteiger partial charge < -0.3 is 10.1 Å². The minimum Gasteiger partial charge on any atom is -0.494 e. The Labute approximate surface area is 167 Å². The Bertz CT molecular complexity index is 1100. The monoisotopic (exact) mass is 413 g/mol. The molecule has 3 aromatic rings. The lowest BCUT2D eigenvalue weighted by Gasteiger charge is -2.24. The predicted octanol–water partition coefficient (Wildman–Crippen LogP) is 4.45. The Balaban J connectivity index is 1.76. The Morgan fingerprint density at radius 2 is 1.82 bits per heavy atom. The van der Waals surface area contributed by atoms with E-state index < -0.39 is 9.84 Å². The second-order valence-electron chi connectivity index (χ2n) is 6.46. The third-order valence-corrected chi connectivity index (χ3v) is 7.73. The first-order chi connectivity index (χ1) is 13.5. The number of sulfone groups is 1. The third kappa shape index (κ3) is 3.31. The summed E-state index contributed by atoms with van der Waals surface area (Å²) >= 11 is 1.37. The molecule has 0 radical (unpaired) electrons. The molecule has 2 aromatic carbocycles. The van der Waals surface area contributed by atoms with Crippen molar-refractivity contribution in [1.29, 1.82) is 0 Å². The van der Waals surface area contributed by atoms with Gasteiger partial charge in [-0.3, -0.25) is 4.79 Å². The fourth-order valence-corrected chi connectivity index (χ4v) is 6.29. The van der Waals surface area contributed by atoms with Crippen molar-refractivity contribution < 1.29 is 17.9 Å². The van der Waals surface area contributed by atoms with Crippen LogP contribution in [0.4, 0.5) is 5.69 Å². The number of fused-ring (bicyclic) bond motifs is 1. The maximum atomic E-state index is 13.1. The van der Waals surface area contributed by atoms with E-state index >= 15 is 0 Å². The van der Waals surface area contributed by atoms with Crippen LogP contribution >= 0.6 is 11.3 Å². The fourth-order valence-electron chi connectivity index (χ4n) is 3.36. The highest BCUT2D eigenvalue weighted by Gasteiger charge is 2.34. The summed E-state index contributed by atoms with van der Waals surface area (Å²) in [5.41, 5.74) is 1.37. The SMILES string of the molecule is CCOc1ccc(C2CC(=O)Nc3c(S(=O)(=O)c4ccccc4)csc32)cc1. The second kappa shape index (κ2) is 7.41. The van der Waals surface area contributed by atoms with Crippen molar-refractivity contribution in [1.82, 2.24) is 0 Å². The van der Waals surface area contributed by atoms with E-state index in [4.69, 9.17) is 4.74 Å². The summed E-state index contributed by atoms with van der Waals surface area (Å²) in [5.74, 6) is 0.406. The van der Waals surface area contributed by atoms with Crippen LogP contribution in [0.25, 0.3) is 0 Å². The number of benzene rings is 2. The summed E-state index contributed by atoms with van der Waals surface area (Å²) in [6.07, 6.45) is 0.284. The van der Waals surface area contributed by atoms with Crippen molar-refractivity contribution in [2.45, 2.75) is 29.1 Å². The van der Waals surface area contributed by atoms with Crippen molar-refractivity contribution in [3.05, 3.63) is 70.4 Å². The van der Waals surface area contributed by atoms with Crippen molar-refractivity contribution in [2.75, 3.05) is 11.9 Å². The zero-order chi connectivity index (χ0) is 19.7. The van der Waals surface area contributed by atoms with Crippen LogP contribution < -0.4 is 10.1 Å². The van der Waals surface area contributed by atoms with Crippen LogP contribution in [0.2, 0.25) is 0 Å². The topological polar surface area (TPSA) is 72.5 Å². The van der Waals surface area contributed by atoms with E-state index in [0.29, 0.717) is 12.3 Å². The van der Waals surface area contributed by atoms with E-state index in [9.17, 15) is 13.2 Å². The van der Waals surface area contributed by atoms with Crippen LogP contribution in [0.5, 0.6) is 5.75 Å². The van der Waals surface area contributed by atoms with Gasteiger partial charge in [0.1, 0.15) is 10.6 Å². The van der Waals surface area contributed by atoms with Gasteiger partial charge in [-0.25, -0.2) is 8.42 Å². The molecule has 0 bridgehead atoms. The number of rotatable bonds is 5. The Hall–Kier alpha value is -2.64. The number of thiophene rings is 1. The standard InChI is InChI=1S/C21H19NO4S2/c1-2-26-15-10-8-14(9-11-15)17-12-19(23)22-20-18(13-27-21(17)20)28(24,25)16-6-4-3-5-7-16/h3-11,13,17H,2,12H2,1H3,(H,22,23). The molecule has 5 nitrogen and oxygen atoms in total. The highest BCUT2D eigenvalue weighted by Crippen LogP contribution is 2.45. The summed E-state index contributed by atoms with van der Waals surface area (Å²) in [4.78, 5) is 13.6. The molecule has 1 N–H and O–H groups in total. The first-order valence-electron chi connectivity index (χ1n) is 8.95. The number of nitrogens with one attached hydrogen (secondary N) is 1. The highest BCUT2D eigenvalue weighted by molar-refractivity contribution is 7.91. The molecule has 0 fully saturated rings. The molecule has 4 rings (SSSR count). The minimum absolute atomic E-state index is 0.155. The molecule has 144 valence electrons. The largest absolute Gasteiger partial charge is 0.494 e. The Kier molecular flexibility index (Phi) is 4.95. The van der Waals surface area contributed by atoms with Gasteiger partial charge in [-0.1, -0.05) is 30.3 Å². The molecule has 7 heteroatoms. The molecule has 0 saturated carbocycles. The fraction of sp³-hybridized carbons (Fsp3) is 0.190. The van der Waals surface area contributed by atoms with Crippen LogP contribution in [0.15, 0.2) is 69.8 Å². The van der Waals surface area contributed by atoms with E-state index in [1.54, 1.807) is 35.7 Å². The molecular weight excluding hydrogens is 394 g/mol. The molecule has 1 amide bonds. The van der Waals surface area contributed by atoms with E-state index in [1.165, 1.54) is 11.3 Å². The first kappa shape index (κ1) is 18.7. The average Bonchev–Trinajstić information content (AvgIpc) is 3.13. The molecule has 1 unspecified atom stereocenters. The molecule has 0 spiro atoms. The van der Waals surface area contributed by atoms with Gasteiger partial charge in [0.25, 0.3) is 0 Å². The lowest BCUT2D eigenvalue weighted by molar-refractivity contribution is -0.116. The predicted molar refractivity (Wildman–Crippen MR) is 109 cm³/mol. The molecule has 0 aliphatic carbocycles. The van der Waals surface area contributed by atoms with E-state index in [1.807, 2.05) is 31.2 Å². The van der Waals surface area contributed by atoms with Crippen molar-refractivity contribution in [3.8, 4) is 5.75 Å². The van der Waals surface area contributed by atoms with Gasteiger partial charge in [-0.2, -0.15) is 0 Å². The first-order valence-corrected chi connectivity index (χ1v) is 11.3. The average molecular weight is 414 g/mol. The van der Waals surface area contributed by atoms with Crippen LogP contribution in [0, 0.1) is 0 Å². The number of ether oxygens (including phenoxy) is 1. The van der Waals surface area contributed by atoms with Gasteiger partial charge >= 0.3 is 0 Å². The highest BCUT2D eigenvalue weighted by atomic mass is 32.2. The van der Waals surface area contributed by atoms with Crippen LogP contribution in [0.3, 0.4) is 0 Å². The zero-order valence-corrected chi connectivity index (χ0v) is 16.8. The van der Waals surface area contributed by atoms with Crippen molar-refractivity contribution in [3.63, 3.8) is 0 Å². The number of carbonyl (C=O) groups is 1. The molecular formula is C21H19NO4S2. The van der Waals surface area contributed by atoms with Gasteiger partial charge in [0.15, 0.2) is 0 Å². The van der Waals surface area contributed by atoms with Gasteiger partial charge in [0.05, 0.1) is 17.2 Å². The van der Waals surface area contributed by atoms with Crippen molar-refractivity contribution in [2.24, 2.45) is 0 Å². The summed E-state index contributed by atoms with van der Waals surface area (Å²) in [6, 6.07) is 15.9. The van der Waals surface area contributed by atoms with Crippen LogP contribution in [-0.2, 0) is 14.6 Å². The normalized spacial score (nSPS) is 16.3. The van der Waals surface area contributed by atoms with E-state index in [0.717, 1.165) is 16.2 Å². The summed E-state index contributed by atoms with van der Waals surface area (Å²) in [6.45, 7) is 2.51. The summed E-state index contributed by atoms with van der Waals surface area (Å²) in [7, 11) is -3.70. The number of carbonyl (C=O) groups excluding carboxylic acids is 1. The van der Waals surface area contributed by atoms with Gasteiger partial charge in [-0.15, -0.1) is 11.3 Å². The van der Waals surface area contributed by atoms with Gasteiger partial charge in [0.2, 0.25) is 15.7 Å². The van der Waals surface area contributed by atoms with Crippen molar-refractivity contribution >= 4 is 32.8 Å². The summed E-state index contributed by atoms with van der Waals surface area (Å²) in [5, 5.41) is 4.41. The maximum Gasteiger partial charge on any atom is 0.225 e. The van der Waals surface area contributed by atoms with E-state index in [2.05, 4.69) is 5.32 Å². The number of anilines is 1. The molecule has 2 heterocycles. The zero-order valence-electron chi connectivity index (χ0n) is 15.2. The third-order valence-electron chi connectivity index (χ3n) is 4.69. The van der Waals surface area contributed by atoms with Crippen LogP contribution in [-0.4, -0.2) is 20.9 Å². The minimum atomic E-state index is -3.70. The van der Waals surface area contributed by atoms with Gasteiger partial charge in [0, 0.05) is 22.6 Å². The molecule has 0 saturated heterocycles. The molecule has 1 aliphatic heterocycles. The second-order valence-corrected chi connectivity index (χ2v) is 9.29. The lowest BCUT2D eigenvalue weighted by Crippen LogP contribution is -2.23. The smallest absolute Gasteiger partial charge is 0.225 e. The number of hydrogen-bond donors (Lipinski definition) is 1. The van der Waals surface area contributed by atoms with Gasteiger partial charge in [-0.05, 0) is 36.8 Å². The molecule has 1 aliphatic rings. The molecule has 1 atom stereocenters. The maximum absolute atomic E-state index is 13.1. The Morgan fingerprint density at radius 1 is 1.11 bits per heavy atom.